The molecule has 0 aliphatic heterocycles. The minimum atomic E-state index is -1.52. The Morgan fingerprint density at radius 2 is 1.15 bits per heavy atom. The average molecular weight is 548 g/mol. The van der Waals surface area contributed by atoms with E-state index >= 15 is 0 Å². The van der Waals surface area contributed by atoms with Crippen molar-refractivity contribution < 1.29 is 29.5 Å². The van der Waals surface area contributed by atoms with Gasteiger partial charge in [-0.3, -0.25) is 14.4 Å². The minimum Gasteiger partial charge on any atom is -0.480 e. The van der Waals surface area contributed by atoms with Crippen LogP contribution in [0.4, 0.5) is 0 Å². The number of rotatable bonds is 24. The Bertz CT molecular complexity index is 807. The number of carbonyl (C=O) groups excluding carboxylic acids is 2. The third kappa shape index (κ3) is 18.5. The van der Waals surface area contributed by atoms with E-state index in [2.05, 4.69) is 10.6 Å². The largest absolute Gasteiger partial charge is 0.488 e. The second kappa shape index (κ2) is 22.4. The van der Waals surface area contributed by atoms with Crippen LogP contribution in [0.2, 0.25) is 0 Å². The van der Waals surface area contributed by atoms with Crippen molar-refractivity contribution >= 4 is 30.4 Å². The van der Waals surface area contributed by atoms with Crippen molar-refractivity contribution in [1.82, 2.24) is 10.6 Å². The summed E-state index contributed by atoms with van der Waals surface area (Å²) in [6.07, 6.45) is 17.7. The van der Waals surface area contributed by atoms with Crippen molar-refractivity contribution in [1.29, 1.82) is 0 Å². The third-order valence-electron chi connectivity index (χ3n) is 6.92. The summed E-state index contributed by atoms with van der Waals surface area (Å²) in [6.45, 7) is 1.24. The molecule has 10 heteroatoms. The predicted octanol–water partition coefficient (Wildman–Crippen LogP) is 3.26. The number of nitrogens with two attached hydrogens (primary N) is 1. The SMILES string of the molecule is N[C@@H](CCCCNC(=O)CCCCCCCCCCCCCCCNC(=O)c1ccc(B(O)O)cc1)C(=O)O. The second-order valence-corrected chi connectivity index (χ2v) is 10.4. The second-order valence-electron chi connectivity index (χ2n) is 10.4. The van der Waals surface area contributed by atoms with Gasteiger partial charge in [0.15, 0.2) is 0 Å². The molecule has 0 bridgehead atoms. The molecule has 0 aromatic heterocycles. The van der Waals surface area contributed by atoms with E-state index in [-0.39, 0.29) is 11.8 Å². The van der Waals surface area contributed by atoms with Crippen molar-refractivity contribution in [3.8, 4) is 0 Å². The van der Waals surface area contributed by atoms with Gasteiger partial charge in [0.25, 0.3) is 5.91 Å². The molecule has 0 heterocycles. The summed E-state index contributed by atoms with van der Waals surface area (Å²) in [6, 6.07) is 5.47. The Morgan fingerprint density at radius 1 is 0.692 bits per heavy atom. The van der Waals surface area contributed by atoms with E-state index in [0.717, 1.165) is 32.1 Å². The van der Waals surface area contributed by atoms with E-state index in [0.29, 0.717) is 43.4 Å². The van der Waals surface area contributed by atoms with Crippen molar-refractivity contribution in [3.63, 3.8) is 0 Å². The van der Waals surface area contributed by atoms with Gasteiger partial charge in [0, 0.05) is 25.1 Å². The minimum absolute atomic E-state index is 0.0784. The molecule has 2 amide bonds. The number of benzene rings is 1. The van der Waals surface area contributed by atoms with Crippen LogP contribution in [-0.2, 0) is 9.59 Å². The van der Waals surface area contributed by atoms with E-state index in [9.17, 15) is 14.4 Å². The number of nitrogens with one attached hydrogen (secondary N) is 2. The molecule has 0 unspecified atom stereocenters. The Morgan fingerprint density at radius 3 is 1.67 bits per heavy atom. The first-order valence-electron chi connectivity index (χ1n) is 14.8. The summed E-state index contributed by atoms with van der Waals surface area (Å²) in [5, 5.41) is 32.7. The monoisotopic (exact) mass is 547 g/mol. The van der Waals surface area contributed by atoms with Gasteiger partial charge in [-0.25, -0.2) is 0 Å². The van der Waals surface area contributed by atoms with Crippen LogP contribution < -0.4 is 21.8 Å². The number of carbonyl (C=O) groups is 3. The van der Waals surface area contributed by atoms with Gasteiger partial charge in [0.1, 0.15) is 6.04 Å². The Kier molecular flexibility index (Phi) is 19.9. The average Bonchev–Trinajstić information content (AvgIpc) is 2.92. The lowest BCUT2D eigenvalue weighted by molar-refractivity contribution is -0.138. The summed E-state index contributed by atoms with van der Waals surface area (Å²) >= 11 is 0. The van der Waals surface area contributed by atoms with E-state index in [1.807, 2.05) is 0 Å². The Hall–Kier alpha value is -2.43. The van der Waals surface area contributed by atoms with Gasteiger partial charge in [-0.2, -0.15) is 0 Å². The quantitative estimate of drug-likeness (QED) is 0.0855. The molecule has 220 valence electrons. The molecular weight excluding hydrogens is 497 g/mol. The number of amides is 2. The molecule has 7 N–H and O–H groups in total. The lowest BCUT2D eigenvalue weighted by Gasteiger charge is -2.07. The highest BCUT2D eigenvalue weighted by Crippen LogP contribution is 2.13. The van der Waals surface area contributed by atoms with Crippen LogP contribution in [0.3, 0.4) is 0 Å². The van der Waals surface area contributed by atoms with Gasteiger partial charge in [-0.05, 0) is 49.7 Å². The molecule has 1 aromatic rings. The lowest BCUT2D eigenvalue weighted by Crippen LogP contribution is -2.30. The number of unbranched alkanes of at least 4 members (excludes halogenated alkanes) is 13. The molecule has 0 aliphatic carbocycles. The normalized spacial score (nSPS) is 11.7. The molecule has 0 saturated carbocycles. The maximum atomic E-state index is 12.1. The zero-order valence-corrected chi connectivity index (χ0v) is 23.5. The molecule has 39 heavy (non-hydrogen) atoms. The summed E-state index contributed by atoms with van der Waals surface area (Å²) in [7, 11) is -1.52. The molecule has 9 nitrogen and oxygen atoms in total. The molecular formula is C29H50BN3O6. The summed E-state index contributed by atoms with van der Waals surface area (Å²) in [5.74, 6) is -1.03. The summed E-state index contributed by atoms with van der Waals surface area (Å²) in [5.41, 5.74) is 6.34. The van der Waals surface area contributed by atoms with Crippen LogP contribution in [0.1, 0.15) is 120 Å². The molecule has 0 radical (unpaired) electrons. The summed E-state index contributed by atoms with van der Waals surface area (Å²) < 4.78 is 0. The zero-order valence-electron chi connectivity index (χ0n) is 23.5. The standard InChI is InChI=1S/C29H50BN3O6/c31-26(29(36)37)16-13-15-22-32-27(34)17-12-10-8-6-4-2-1-3-5-7-9-11-14-23-33-28(35)24-18-20-25(21-19-24)30(38)39/h18-21,26,38-39H,1-17,22-23,31H2,(H,32,34)(H,33,35)(H,36,37)/t26-/m0/s1. The van der Waals surface area contributed by atoms with Crippen molar-refractivity contribution in [2.45, 2.75) is 115 Å². The van der Waals surface area contributed by atoms with E-state index in [4.69, 9.17) is 20.9 Å². The highest BCUT2D eigenvalue weighted by Gasteiger charge is 2.12. The number of hydrogen-bond acceptors (Lipinski definition) is 6. The van der Waals surface area contributed by atoms with Gasteiger partial charge in [0.05, 0.1) is 0 Å². The molecule has 1 atom stereocenters. The Labute approximate surface area is 234 Å². The van der Waals surface area contributed by atoms with Gasteiger partial charge in [0.2, 0.25) is 5.91 Å². The van der Waals surface area contributed by atoms with Gasteiger partial charge >= 0.3 is 13.1 Å². The fourth-order valence-electron chi connectivity index (χ4n) is 4.39. The number of carboxylic acids is 1. The smallest absolute Gasteiger partial charge is 0.480 e. The van der Waals surface area contributed by atoms with Gasteiger partial charge < -0.3 is 31.5 Å². The van der Waals surface area contributed by atoms with Crippen LogP contribution in [0.25, 0.3) is 0 Å². The van der Waals surface area contributed by atoms with Crippen molar-refractivity contribution in [3.05, 3.63) is 29.8 Å². The Balaban J connectivity index is 1.81. The third-order valence-corrected chi connectivity index (χ3v) is 6.92. The topological polar surface area (TPSA) is 162 Å². The predicted molar refractivity (Wildman–Crippen MR) is 156 cm³/mol. The summed E-state index contributed by atoms with van der Waals surface area (Å²) in [4.78, 5) is 34.6. The molecule has 0 saturated heterocycles. The molecule has 0 aliphatic rings. The van der Waals surface area contributed by atoms with E-state index < -0.39 is 19.1 Å². The molecule has 1 rings (SSSR count). The van der Waals surface area contributed by atoms with Crippen LogP contribution in [0.15, 0.2) is 24.3 Å². The number of aliphatic carboxylic acids is 1. The maximum absolute atomic E-state index is 12.1. The maximum Gasteiger partial charge on any atom is 0.488 e. The number of carboxylic acid groups (broad SMARTS) is 1. The zero-order chi connectivity index (χ0) is 28.7. The molecule has 0 fully saturated rings. The fraction of sp³-hybridized carbons (Fsp3) is 0.690. The van der Waals surface area contributed by atoms with E-state index in [1.165, 1.54) is 57.8 Å². The molecule has 0 spiro atoms. The van der Waals surface area contributed by atoms with Gasteiger partial charge in [-0.1, -0.05) is 82.8 Å². The van der Waals surface area contributed by atoms with Crippen molar-refractivity contribution in [2.24, 2.45) is 5.73 Å². The lowest BCUT2D eigenvalue weighted by atomic mass is 9.80. The number of hydrogen-bond donors (Lipinski definition) is 6. The van der Waals surface area contributed by atoms with Crippen LogP contribution >= 0.6 is 0 Å². The first kappa shape index (κ1) is 34.6. The van der Waals surface area contributed by atoms with Crippen LogP contribution in [0, 0.1) is 0 Å². The van der Waals surface area contributed by atoms with E-state index in [1.54, 1.807) is 24.3 Å². The first-order chi connectivity index (χ1) is 18.8. The van der Waals surface area contributed by atoms with Crippen molar-refractivity contribution in [2.75, 3.05) is 13.1 Å². The van der Waals surface area contributed by atoms with Crippen LogP contribution in [-0.4, -0.2) is 59.2 Å². The van der Waals surface area contributed by atoms with Crippen LogP contribution in [0.5, 0.6) is 0 Å². The fourth-order valence-corrected chi connectivity index (χ4v) is 4.39. The van der Waals surface area contributed by atoms with Gasteiger partial charge in [-0.15, -0.1) is 0 Å². The first-order valence-corrected chi connectivity index (χ1v) is 14.8. The highest BCUT2D eigenvalue weighted by atomic mass is 16.4. The highest BCUT2D eigenvalue weighted by molar-refractivity contribution is 6.58. The molecule has 1 aromatic carbocycles.